The summed E-state index contributed by atoms with van der Waals surface area (Å²) < 4.78 is 5.38. The van der Waals surface area contributed by atoms with E-state index in [0.717, 1.165) is 22.6 Å². The van der Waals surface area contributed by atoms with Gasteiger partial charge in [0.15, 0.2) is 0 Å². The van der Waals surface area contributed by atoms with Gasteiger partial charge in [-0.1, -0.05) is 24.3 Å². The van der Waals surface area contributed by atoms with Crippen LogP contribution in [0, 0.1) is 6.92 Å². The summed E-state index contributed by atoms with van der Waals surface area (Å²) in [5, 5.41) is 3.41. The van der Waals surface area contributed by atoms with Crippen molar-refractivity contribution in [2.24, 2.45) is 5.73 Å². The maximum atomic E-state index is 11.4. The number of nitrogens with one attached hydrogen (secondary N) is 1. The lowest BCUT2D eigenvalue weighted by Gasteiger charge is -2.20. The number of primary amides is 1. The highest BCUT2D eigenvalue weighted by atomic mass is 16.5. The summed E-state index contributed by atoms with van der Waals surface area (Å²) in [7, 11) is 1.66. The standard InChI is InChI=1S/C17H20N2O2/c1-11-13(17(18)20)8-6-9-15(11)19-12(2)14-7-4-5-10-16(14)21-3/h4-10,12,19H,1-3H3,(H2,18,20). The zero-order chi connectivity index (χ0) is 15.4. The minimum atomic E-state index is -0.416. The topological polar surface area (TPSA) is 64.3 Å². The Balaban J connectivity index is 2.30. The zero-order valence-electron chi connectivity index (χ0n) is 12.5. The number of hydrogen-bond donors (Lipinski definition) is 2. The first-order valence-electron chi connectivity index (χ1n) is 6.83. The summed E-state index contributed by atoms with van der Waals surface area (Å²) in [6.45, 7) is 3.94. The Bertz CT molecular complexity index is 653. The Hall–Kier alpha value is -2.49. The molecule has 110 valence electrons. The van der Waals surface area contributed by atoms with Crippen LogP contribution in [0.2, 0.25) is 0 Å². The van der Waals surface area contributed by atoms with E-state index in [2.05, 4.69) is 5.32 Å². The molecule has 4 nitrogen and oxygen atoms in total. The van der Waals surface area contributed by atoms with Crippen molar-refractivity contribution in [2.45, 2.75) is 19.9 Å². The van der Waals surface area contributed by atoms with E-state index in [1.54, 1.807) is 13.2 Å². The van der Waals surface area contributed by atoms with E-state index < -0.39 is 5.91 Å². The normalized spacial score (nSPS) is 11.8. The van der Waals surface area contributed by atoms with Gasteiger partial charge in [-0.15, -0.1) is 0 Å². The van der Waals surface area contributed by atoms with Crippen LogP contribution in [0.5, 0.6) is 5.75 Å². The molecule has 0 radical (unpaired) electrons. The molecule has 4 heteroatoms. The fourth-order valence-electron chi connectivity index (χ4n) is 2.39. The molecule has 0 fully saturated rings. The molecule has 0 saturated carbocycles. The number of methoxy groups -OCH3 is 1. The van der Waals surface area contributed by atoms with Gasteiger partial charge < -0.3 is 15.8 Å². The van der Waals surface area contributed by atoms with E-state index in [-0.39, 0.29) is 6.04 Å². The third-order valence-corrected chi connectivity index (χ3v) is 3.58. The zero-order valence-corrected chi connectivity index (χ0v) is 12.5. The molecule has 0 aliphatic carbocycles. The first-order valence-corrected chi connectivity index (χ1v) is 6.83. The van der Waals surface area contributed by atoms with Gasteiger partial charge in [0.1, 0.15) is 5.75 Å². The van der Waals surface area contributed by atoms with Crippen molar-refractivity contribution in [1.82, 2.24) is 0 Å². The fourth-order valence-corrected chi connectivity index (χ4v) is 2.39. The van der Waals surface area contributed by atoms with E-state index in [1.807, 2.05) is 50.2 Å². The number of para-hydroxylation sites is 1. The highest BCUT2D eigenvalue weighted by Crippen LogP contribution is 2.29. The molecule has 0 aliphatic rings. The molecule has 2 aromatic rings. The molecule has 3 N–H and O–H groups in total. The highest BCUT2D eigenvalue weighted by Gasteiger charge is 2.13. The Kier molecular flexibility index (Phi) is 4.48. The van der Waals surface area contributed by atoms with Crippen molar-refractivity contribution in [3.05, 3.63) is 59.2 Å². The summed E-state index contributed by atoms with van der Waals surface area (Å²) in [4.78, 5) is 11.4. The molecule has 0 aliphatic heterocycles. The summed E-state index contributed by atoms with van der Waals surface area (Å²) in [6, 6.07) is 13.4. The number of ether oxygens (including phenoxy) is 1. The number of rotatable bonds is 5. The third-order valence-electron chi connectivity index (χ3n) is 3.58. The van der Waals surface area contributed by atoms with Gasteiger partial charge in [0.25, 0.3) is 0 Å². The Morgan fingerprint density at radius 3 is 2.57 bits per heavy atom. The van der Waals surface area contributed by atoms with Crippen LogP contribution in [-0.4, -0.2) is 13.0 Å². The lowest BCUT2D eigenvalue weighted by Crippen LogP contribution is -2.15. The van der Waals surface area contributed by atoms with Crippen LogP contribution >= 0.6 is 0 Å². The SMILES string of the molecule is COc1ccccc1C(C)Nc1cccc(C(N)=O)c1C. The minimum Gasteiger partial charge on any atom is -0.496 e. The molecule has 0 aromatic heterocycles. The number of amides is 1. The van der Waals surface area contributed by atoms with Gasteiger partial charge in [0.2, 0.25) is 5.91 Å². The molecule has 0 saturated heterocycles. The highest BCUT2D eigenvalue weighted by molar-refractivity contribution is 5.95. The summed E-state index contributed by atoms with van der Waals surface area (Å²) >= 11 is 0. The molecule has 0 bridgehead atoms. The smallest absolute Gasteiger partial charge is 0.249 e. The van der Waals surface area contributed by atoms with Crippen LogP contribution in [0.1, 0.15) is 34.5 Å². The molecule has 2 aromatic carbocycles. The molecule has 1 amide bonds. The molecule has 1 unspecified atom stereocenters. The van der Waals surface area contributed by atoms with E-state index in [9.17, 15) is 4.79 Å². The molecule has 0 heterocycles. The van der Waals surface area contributed by atoms with Crippen LogP contribution in [0.4, 0.5) is 5.69 Å². The van der Waals surface area contributed by atoms with Gasteiger partial charge >= 0.3 is 0 Å². The van der Waals surface area contributed by atoms with E-state index >= 15 is 0 Å². The average Bonchev–Trinajstić information content (AvgIpc) is 2.48. The maximum Gasteiger partial charge on any atom is 0.249 e. The lowest BCUT2D eigenvalue weighted by atomic mass is 10.0. The number of carbonyl (C=O) groups is 1. The molecule has 0 spiro atoms. The second-order valence-electron chi connectivity index (χ2n) is 4.95. The number of hydrogen-bond acceptors (Lipinski definition) is 3. The van der Waals surface area contributed by atoms with Crippen molar-refractivity contribution < 1.29 is 9.53 Å². The van der Waals surface area contributed by atoms with Crippen molar-refractivity contribution in [3.8, 4) is 5.75 Å². The summed E-state index contributed by atoms with van der Waals surface area (Å²) in [5.41, 5.74) is 8.72. The summed E-state index contributed by atoms with van der Waals surface area (Å²) in [5.74, 6) is 0.419. The minimum absolute atomic E-state index is 0.0444. The first-order chi connectivity index (χ1) is 10.0. The van der Waals surface area contributed by atoms with Crippen molar-refractivity contribution in [3.63, 3.8) is 0 Å². The second kappa shape index (κ2) is 6.31. The molecular weight excluding hydrogens is 264 g/mol. The van der Waals surface area contributed by atoms with Crippen molar-refractivity contribution >= 4 is 11.6 Å². The van der Waals surface area contributed by atoms with Gasteiger partial charge in [-0.25, -0.2) is 0 Å². The fraction of sp³-hybridized carbons (Fsp3) is 0.235. The van der Waals surface area contributed by atoms with Gasteiger partial charge in [0.05, 0.1) is 13.2 Å². The monoisotopic (exact) mass is 284 g/mol. The lowest BCUT2D eigenvalue weighted by molar-refractivity contribution is 0.1000. The summed E-state index contributed by atoms with van der Waals surface area (Å²) in [6.07, 6.45) is 0. The largest absolute Gasteiger partial charge is 0.496 e. The number of carbonyl (C=O) groups excluding carboxylic acids is 1. The van der Waals surface area contributed by atoms with Crippen LogP contribution in [0.15, 0.2) is 42.5 Å². The number of nitrogens with two attached hydrogens (primary N) is 1. The van der Waals surface area contributed by atoms with E-state index in [4.69, 9.17) is 10.5 Å². The molecule has 2 rings (SSSR count). The average molecular weight is 284 g/mol. The number of anilines is 1. The van der Waals surface area contributed by atoms with Crippen LogP contribution in [-0.2, 0) is 0 Å². The van der Waals surface area contributed by atoms with Gasteiger partial charge in [0, 0.05) is 16.8 Å². The van der Waals surface area contributed by atoms with E-state index in [1.165, 1.54) is 0 Å². The Morgan fingerprint density at radius 1 is 1.19 bits per heavy atom. The molecule has 1 atom stereocenters. The maximum absolute atomic E-state index is 11.4. The van der Waals surface area contributed by atoms with Crippen molar-refractivity contribution in [1.29, 1.82) is 0 Å². The van der Waals surface area contributed by atoms with Gasteiger partial charge in [-0.05, 0) is 37.6 Å². The van der Waals surface area contributed by atoms with Gasteiger partial charge in [-0.2, -0.15) is 0 Å². The number of benzene rings is 2. The first kappa shape index (κ1) is 14.9. The third kappa shape index (κ3) is 3.16. The molecule has 21 heavy (non-hydrogen) atoms. The van der Waals surface area contributed by atoms with Crippen molar-refractivity contribution in [2.75, 3.05) is 12.4 Å². The quantitative estimate of drug-likeness (QED) is 0.885. The predicted octanol–water partition coefficient (Wildman–Crippen LogP) is 3.28. The van der Waals surface area contributed by atoms with Gasteiger partial charge in [-0.3, -0.25) is 4.79 Å². The predicted molar refractivity (Wildman–Crippen MR) is 84.7 cm³/mol. The van der Waals surface area contributed by atoms with Crippen LogP contribution < -0.4 is 15.8 Å². The Morgan fingerprint density at radius 2 is 1.90 bits per heavy atom. The second-order valence-corrected chi connectivity index (χ2v) is 4.95. The van der Waals surface area contributed by atoms with Crippen LogP contribution in [0.25, 0.3) is 0 Å². The Labute approximate surface area is 124 Å². The van der Waals surface area contributed by atoms with Crippen LogP contribution in [0.3, 0.4) is 0 Å². The molecular formula is C17H20N2O2. The van der Waals surface area contributed by atoms with E-state index in [0.29, 0.717) is 5.56 Å².